The first kappa shape index (κ1) is 18.4. The maximum absolute atomic E-state index is 13.0. The molecule has 0 saturated carbocycles. The highest BCUT2D eigenvalue weighted by molar-refractivity contribution is 6.46. The molecule has 3 aromatic rings. The van der Waals surface area contributed by atoms with Gasteiger partial charge in [-0.1, -0.05) is 12.1 Å². The first-order valence-corrected chi connectivity index (χ1v) is 8.55. The van der Waals surface area contributed by atoms with Gasteiger partial charge in [0.05, 0.1) is 12.3 Å². The Morgan fingerprint density at radius 1 is 1.04 bits per heavy atom. The summed E-state index contributed by atoms with van der Waals surface area (Å²) in [7, 11) is 0. The van der Waals surface area contributed by atoms with E-state index in [1.165, 1.54) is 12.1 Å². The zero-order chi connectivity index (χ0) is 19.2. The average Bonchev–Trinajstić information content (AvgIpc) is 3.13. The van der Waals surface area contributed by atoms with Gasteiger partial charge in [-0.3, -0.25) is 9.59 Å². The van der Waals surface area contributed by atoms with Crippen LogP contribution in [0.2, 0.25) is 0 Å². The van der Waals surface area contributed by atoms with Crippen molar-refractivity contribution in [1.29, 1.82) is 0 Å². The second kappa shape index (κ2) is 8.31. The molecule has 1 heterocycles. The van der Waals surface area contributed by atoms with Gasteiger partial charge >= 0.3 is 0 Å². The lowest BCUT2D eigenvalue weighted by atomic mass is 10.2. The van der Waals surface area contributed by atoms with E-state index in [0.29, 0.717) is 24.6 Å². The molecule has 6 heteroatoms. The number of halogens is 1. The number of hydrogen-bond donors (Lipinski definition) is 1. The monoisotopic (exact) mass is 366 g/mol. The number of carbonyl (C=O) groups is 2. The quantitative estimate of drug-likeness (QED) is 0.510. The summed E-state index contributed by atoms with van der Waals surface area (Å²) >= 11 is 0. The van der Waals surface area contributed by atoms with E-state index in [-0.39, 0.29) is 11.5 Å². The number of carbonyl (C=O) groups excluding carboxylic acids is 2. The fraction of sp³-hybridized carbons (Fsp3) is 0.143. The van der Waals surface area contributed by atoms with E-state index in [2.05, 4.69) is 5.32 Å². The van der Waals surface area contributed by atoms with Gasteiger partial charge in [0.25, 0.3) is 11.7 Å². The Bertz CT molecular complexity index is 931. The maximum Gasteiger partial charge on any atom is 0.298 e. The third-order valence-corrected chi connectivity index (χ3v) is 3.96. The number of anilines is 1. The first-order chi connectivity index (χ1) is 13.1. The highest BCUT2D eigenvalue weighted by Crippen LogP contribution is 2.16. The number of benzene rings is 2. The van der Waals surface area contributed by atoms with Gasteiger partial charge in [0.1, 0.15) is 11.6 Å². The predicted molar refractivity (Wildman–Crippen MR) is 101 cm³/mol. The number of ketones is 1. The van der Waals surface area contributed by atoms with Crippen molar-refractivity contribution < 1.29 is 18.7 Å². The van der Waals surface area contributed by atoms with Crippen LogP contribution in [-0.2, 0) is 11.3 Å². The molecule has 0 fully saturated rings. The smallest absolute Gasteiger partial charge is 0.298 e. The highest BCUT2D eigenvalue weighted by Gasteiger charge is 2.20. The van der Waals surface area contributed by atoms with Crippen molar-refractivity contribution in [3.63, 3.8) is 0 Å². The van der Waals surface area contributed by atoms with Crippen LogP contribution in [0.4, 0.5) is 10.1 Å². The van der Waals surface area contributed by atoms with Crippen LogP contribution in [0.1, 0.15) is 23.0 Å². The second-order valence-electron chi connectivity index (χ2n) is 5.89. The summed E-state index contributed by atoms with van der Waals surface area (Å²) in [5.74, 6) is -0.999. The van der Waals surface area contributed by atoms with Gasteiger partial charge in [0.2, 0.25) is 0 Å². The summed E-state index contributed by atoms with van der Waals surface area (Å²) in [6.45, 7) is 2.80. The van der Waals surface area contributed by atoms with Crippen LogP contribution in [0.25, 0.3) is 0 Å². The van der Waals surface area contributed by atoms with Crippen LogP contribution in [0.5, 0.6) is 5.75 Å². The Balaban J connectivity index is 1.69. The standard InChI is InChI=1S/C21H19FN2O3/c1-2-27-18-11-9-17(10-12-18)23-21(26)20(25)19-4-3-13-24(19)14-15-5-7-16(22)8-6-15/h3-13H,2,14H2,1H3,(H,23,26). The molecule has 0 bridgehead atoms. The lowest BCUT2D eigenvalue weighted by Gasteiger charge is -2.10. The summed E-state index contributed by atoms with van der Waals surface area (Å²) < 4.78 is 20.0. The van der Waals surface area contributed by atoms with Crippen LogP contribution in [0.3, 0.4) is 0 Å². The van der Waals surface area contributed by atoms with Crippen molar-refractivity contribution in [3.8, 4) is 5.75 Å². The van der Waals surface area contributed by atoms with Crippen molar-refractivity contribution in [2.75, 3.05) is 11.9 Å². The van der Waals surface area contributed by atoms with Gasteiger partial charge in [0.15, 0.2) is 0 Å². The Morgan fingerprint density at radius 2 is 1.74 bits per heavy atom. The van der Waals surface area contributed by atoms with E-state index in [0.717, 1.165) is 5.56 Å². The number of ether oxygens (including phenoxy) is 1. The highest BCUT2D eigenvalue weighted by atomic mass is 19.1. The van der Waals surface area contributed by atoms with Crippen molar-refractivity contribution in [3.05, 3.63) is 83.9 Å². The van der Waals surface area contributed by atoms with Crippen LogP contribution in [0.15, 0.2) is 66.9 Å². The minimum absolute atomic E-state index is 0.266. The van der Waals surface area contributed by atoms with Crippen LogP contribution < -0.4 is 10.1 Å². The molecule has 0 aliphatic rings. The largest absolute Gasteiger partial charge is 0.494 e. The van der Waals surface area contributed by atoms with E-state index in [9.17, 15) is 14.0 Å². The van der Waals surface area contributed by atoms with Gasteiger partial charge < -0.3 is 14.6 Å². The zero-order valence-electron chi connectivity index (χ0n) is 14.8. The molecule has 0 atom stereocenters. The minimum Gasteiger partial charge on any atom is -0.494 e. The summed E-state index contributed by atoms with van der Waals surface area (Å²) in [6.07, 6.45) is 1.71. The summed E-state index contributed by atoms with van der Waals surface area (Å²) in [6, 6.07) is 16.1. The van der Waals surface area contributed by atoms with E-state index < -0.39 is 11.7 Å². The molecule has 0 unspecified atom stereocenters. The molecule has 1 N–H and O–H groups in total. The molecule has 0 aliphatic heterocycles. The van der Waals surface area contributed by atoms with Gasteiger partial charge in [0, 0.05) is 18.4 Å². The molecular formula is C21H19FN2O3. The SMILES string of the molecule is CCOc1ccc(NC(=O)C(=O)c2cccn2Cc2ccc(F)cc2)cc1. The van der Waals surface area contributed by atoms with Gasteiger partial charge in [-0.2, -0.15) is 0 Å². The third-order valence-electron chi connectivity index (χ3n) is 3.96. The molecule has 27 heavy (non-hydrogen) atoms. The van der Waals surface area contributed by atoms with Gasteiger partial charge in [-0.05, 0) is 61.0 Å². The van der Waals surface area contributed by atoms with Gasteiger partial charge in [-0.25, -0.2) is 4.39 Å². The number of nitrogens with one attached hydrogen (secondary N) is 1. The van der Waals surface area contributed by atoms with Crippen LogP contribution in [0, 0.1) is 5.82 Å². The lowest BCUT2D eigenvalue weighted by Crippen LogP contribution is -2.25. The van der Waals surface area contributed by atoms with E-state index in [1.54, 1.807) is 59.3 Å². The van der Waals surface area contributed by atoms with Gasteiger partial charge in [-0.15, -0.1) is 0 Å². The zero-order valence-corrected chi connectivity index (χ0v) is 14.8. The molecule has 0 radical (unpaired) electrons. The Morgan fingerprint density at radius 3 is 2.41 bits per heavy atom. The summed E-state index contributed by atoms with van der Waals surface area (Å²) in [5.41, 5.74) is 1.60. The molecule has 138 valence electrons. The third kappa shape index (κ3) is 4.61. The lowest BCUT2D eigenvalue weighted by molar-refractivity contribution is -0.112. The predicted octanol–water partition coefficient (Wildman–Crippen LogP) is 3.90. The molecule has 0 spiro atoms. The van der Waals surface area contributed by atoms with Crippen molar-refractivity contribution in [2.24, 2.45) is 0 Å². The number of aromatic nitrogens is 1. The second-order valence-corrected chi connectivity index (χ2v) is 5.89. The molecular weight excluding hydrogens is 347 g/mol. The van der Waals surface area contributed by atoms with Crippen LogP contribution in [-0.4, -0.2) is 22.9 Å². The number of rotatable bonds is 7. The summed E-state index contributed by atoms with van der Waals surface area (Å²) in [4.78, 5) is 24.8. The van der Waals surface area contributed by atoms with Crippen molar-refractivity contribution in [2.45, 2.75) is 13.5 Å². The minimum atomic E-state index is -0.724. The maximum atomic E-state index is 13.0. The Labute approximate surface area is 156 Å². The van der Waals surface area contributed by atoms with E-state index in [1.807, 2.05) is 6.92 Å². The summed E-state index contributed by atoms with van der Waals surface area (Å²) in [5, 5.41) is 2.59. The number of Topliss-reactive ketones (excluding diaryl/α,β-unsaturated/α-hetero) is 1. The van der Waals surface area contributed by atoms with Crippen molar-refractivity contribution >= 4 is 17.4 Å². The number of hydrogen-bond acceptors (Lipinski definition) is 3. The molecule has 0 saturated heterocycles. The Kier molecular flexibility index (Phi) is 5.66. The fourth-order valence-corrected chi connectivity index (χ4v) is 2.65. The molecule has 3 rings (SSSR count). The number of amides is 1. The molecule has 5 nitrogen and oxygen atoms in total. The normalized spacial score (nSPS) is 10.4. The fourth-order valence-electron chi connectivity index (χ4n) is 2.65. The Hall–Kier alpha value is -3.41. The molecule has 1 amide bonds. The molecule has 1 aromatic heterocycles. The van der Waals surface area contributed by atoms with E-state index in [4.69, 9.17) is 4.74 Å². The van der Waals surface area contributed by atoms with Crippen molar-refractivity contribution in [1.82, 2.24) is 4.57 Å². The average molecular weight is 366 g/mol. The first-order valence-electron chi connectivity index (χ1n) is 8.55. The number of nitrogens with zero attached hydrogens (tertiary/aromatic N) is 1. The molecule has 2 aromatic carbocycles. The van der Waals surface area contributed by atoms with E-state index >= 15 is 0 Å². The topological polar surface area (TPSA) is 60.3 Å². The molecule has 0 aliphatic carbocycles. The van der Waals surface area contributed by atoms with Crippen LogP contribution >= 0.6 is 0 Å².